The largest absolute Gasteiger partial charge is 0.419 e. The van der Waals surface area contributed by atoms with Gasteiger partial charge in [-0.1, -0.05) is 0 Å². The zero-order valence-electron chi connectivity index (χ0n) is 14.7. The van der Waals surface area contributed by atoms with Crippen molar-refractivity contribution >= 4 is 5.95 Å². The Balaban J connectivity index is 1.55. The van der Waals surface area contributed by atoms with Gasteiger partial charge in [0.15, 0.2) is 0 Å². The van der Waals surface area contributed by atoms with E-state index < -0.39 is 11.7 Å². The molecule has 1 aliphatic heterocycles. The fraction of sp³-hybridized carbons (Fsp3) is 0.500. The lowest BCUT2D eigenvalue weighted by molar-refractivity contribution is -0.138. The number of piperazine rings is 1. The zero-order chi connectivity index (χ0) is 19.4. The van der Waals surface area contributed by atoms with E-state index in [4.69, 9.17) is 10.6 Å². The predicted molar refractivity (Wildman–Crippen MR) is 90.8 cm³/mol. The summed E-state index contributed by atoms with van der Waals surface area (Å²) in [6.07, 6.45) is -0.793. The molecule has 0 spiro atoms. The van der Waals surface area contributed by atoms with Crippen LogP contribution in [-0.2, 0) is 12.6 Å². The Bertz CT molecular complexity index is 746. The second-order valence-corrected chi connectivity index (χ2v) is 6.31. The molecule has 3 rings (SSSR count). The van der Waals surface area contributed by atoms with E-state index in [1.807, 2.05) is 11.8 Å². The van der Waals surface area contributed by atoms with Gasteiger partial charge in [-0.3, -0.25) is 0 Å². The number of aromatic nitrogens is 4. The molecular formula is C16H20F3N7O. The summed E-state index contributed by atoms with van der Waals surface area (Å²) in [6, 6.07) is 1.73. The third-order valence-corrected chi connectivity index (χ3v) is 3.94. The second-order valence-electron chi connectivity index (χ2n) is 6.31. The first-order chi connectivity index (χ1) is 12.8. The van der Waals surface area contributed by atoms with Crippen molar-refractivity contribution in [3.05, 3.63) is 36.0 Å². The number of hydrogen-bond acceptors (Lipinski definition) is 8. The van der Waals surface area contributed by atoms with Gasteiger partial charge in [-0.05, 0) is 6.92 Å². The Kier molecular flexibility index (Phi) is 5.71. The number of alkyl halides is 3. The number of anilines is 1. The van der Waals surface area contributed by atoms with Gasteiger partial charge in [-0.15, -0.1) is 5.06 Å². The van der Waals surface area contributed by atoms with Crippen LogP contribution in [0.2, 0.25) is 0 Å². The van der Waals surface area contributed by atoms with Crippen LogP contribution in [-0.4, -0.2) is 57.2 Å². The maximum Gasteiger partial charge on any atom is 0.419 e. The molecule has 2 aromatic heterocycles. The van der Waals surface area contributed by atoms with Crippen molar-refractivity contribution in [3.8, 4) is 5.88 Å². The molecule has 2 aromatic rings. The molecule has 11 heteroatoms. The molecular weight excluding hydrogens is 363 g/mol. The molecule has 0 amide bonds. The van der Waals surface area contributed by atoms with Gasteiger partial charge < -0.3 is 15.5 Å². The molecule has 27 heavy (non-hydrogen) atoms. The molecule has 0 saturated carbocycles. The van der Waals surface area contributed by atoms with Gasteiger partial charge in [0.1, 0.15) is 6.33 Å². The highest BCUT2D eigenvalue weighted by Crippen LogP contribution is 2.28. The summed E-state index contributed by atoms with van der Waals surface area (Å²) in [5, 5.41) is 1.73. The number of hydroxylamine groups is 2. The third-order valence-electron chi connectivity index (χ3n) is 3.94. The Morgan fingerprint density at radius 1 is 1.11 bits per heavy atom. The first kappa shape index (κ1) is 19.2. The van der Waals surface area contributed by atoms with Crippen molar-refractivity contribution in [3.63, 3.8) is 0 Å². The SMILES string of the molecule is C[C@H](N)Cc1cc(ON2CCN(c3ncc(C(F)(F)F)cn3)CC2)ncn1. The van der Waals surface area contributed by atoms with Crippen molar-refractivity contribution in [1.82, 2.24) is 25.0 Å². The van der Waals surface area contributed by atoms with Crippen LogP contribution in [0.5, 0.6) is 5.88 Å². The van der Waals surface area contributed by atoms with Crippen molar-refractivity contribution in [1.29, 1.82) is 0 Å². The smallest absolute Gasteiger partial charge is 0.385 e. The highest BCUT2D eigenvalue weighted by molar-refractivity contribution is 5.31. The number of halogens is 3. The summed E-state index contributed by atoms with van der Waals surface area (Å²) in [5.41, 5.74) is 5.71. The van der Waals surface area contributed by atoms with Gasteiger partial charge in [0.2, 0.25) is 11.8 Å². The summed E-state index contributed by atoms with van der Waals surface area (Å²) < 4.78 is 37.8. The van der Waals surface area contributed by atoms with E-state index in [0.29, 0.717) is 38.5 Å². The van der Waals surface area contributed by atoms with Gasteiger partial charge in [-0.25, -0.2) is 19.9 Å². The summed E-state index contributed by atoms with van der Waals surface area (Å²) in [4.78, 5) is 23.4. The van der Waals surface area contributed by atoms with E-state index in [0.717, 1.165) is 18.1 Å². The van der Waals surface area contributed by atoms with Gasteiger partial charge >= 0.3 is 6.18 Å². The monoisotopic (exact) mass is 383 g/mol. The van der Waals surface area contributed by atoms with E-state index in [1.54, 1.807) is 11.1 Å². The van der Waals surface area contributed by atoms with Crippen LogP contribution in [0.4, 0.5) is 19.1 Å². The third kappa shape index (κ3) is 5.23. The molecule has 3 heterocycles. The molecule has 8 nitrogen and oxygen atoms in total. The summed E-state index contributed by atoms with van der Waals surface area (Å²) >= 11 is 0. The predicted octanol–water partition coefficient (Wildman–Crippen LogP) is 1.29. The summed E-state index contributed by atoms with van der Waals surface area (Å²) in [7, 11) is 0. The van der Waals surface area contributed by atoms with E-state index in [-0.39, 0.29) is 12.0 Å². The van der Waals surface area contributed by atoms with Crippen LogP contribution in [0.25, 0.3) is 0 Å². The Morgan fingerprint density at radius 3 is 2.37 bits per heavy atom. The van der Waals surface area contributed by atoms with E-state index >= 15 is 0 Å². The molecule has 0 aliphatic carbocycles. The lowest BCUT2D eigenvalue weighted by atomic mass is 10.2. The Labute approximate surface area is 154 Å². The Morgan fingerprint density at radius 2 is 1.78 bits per heavy atom. The highest BCUT2D eigenvalue weighted by atomic mass is 19.4. The maximum absolute atomic E-state index is 12.6. The quantitative estimate of drug-likeness (QED) is 0.826. The minimum Gasteiger partial charge on any atom is -0.385 e. The minimum absolute atomic E-state index is 0.0139. The molecule has 146 valence electrons. The topological polar surface area (TPSA) is 93.3 Å². The van der Waals surface area contributed by atoms with Crippen LogP contribution in [0.15, 0.2) is 24.8 Å². The van der Waals surface area contributed by atoms with Gasteiger partial charge in [-0.2, -0.15) is 13.2 Å². The van der Waals surface area contributed by atoms with E-state index in [9.17, 15) is 13.2 Å². The maximum atomic E-state index is 12.6. The molecule has 0 aromatic carbocycles. The molecule has 0 radical (unpaired) electrons. The van der Waals surface area contributed by atoms with Gasteiger partial charge in [0, 0.05) is 49.7 Å². The lowest BCUT2D eigenvalue weighted by Gasteiger charge is -2.33. The fourth-order valence-electron chi connectivity index (χ4n) is 2.61. The van der Waals surface area contributed by atoms with Crippen LogP contribution < -0.4 is 15.5 Å². The first-order valence-electron chi connectivity index (χ1n) is 8.45. The number of rotatable bonds is 5. The van der Waals surface area contributed by atoms with Crippen LogP contribution in [0.3, 0.4) is 0 Å². The zero-order valence-corrected chi connectivity index (χ0v) is 14.7. The van der Waals surface area contributed by atoms with Crippen molar-refractivity contribution < 1.29 is 18.0 Å². The summed E-state index contributed by atoms with van der Waals surface area (Å²) in [5.74, 6) is 0.698. The van der Waals surface area contributed by atoms with Gasteiger partial charge in [0.05, 0.1) is 18.7 Å². The first-order valence-corrected chi connectivity index (χ1v) is 8.45. The minimum atomic E-state index is -4.44. The fourth-order valence-corrected chi connectivity index (χ4v) is 2.61. The number of nitrogens with two attached hydrogens (primary N) is 1. The van der Waals surface area contributed by atoms with Crippen LogP contribution in [0.1, 0.15) is 18.2 Å². The lowest BCUT2D eigenvalue weighted by Crippen LogP contribution is -2.48. The average Bonchev–Trinajstić information content (AvgIpc) is 2.61. The molecule has 0 bridgehead atoms. The van der Waals surface area contributed by atoms with Crippen molar-refractivity contribution in [2.45, 2.75) is 25.6 Å². The highest BCUT2D eigenvalue weighted by Gasteiger charge is 2.32. The van der Waals surface area contributed by atoms with E-state index in [1.165, 1.54) is 6.33 Å². The Hall–Kier alpha value is -2.53. The second kappa shape index (κ2) is 8.01. The molecule has 1 saturated heterocycles. The normalized spacial score (nSPS) is 17.0. The molecule has 2 N–H and O–H groups in total. The van der Waals surface area contributed by atoms with Crippen molar-refractivity contribution in [2.24, 2.45) is 5.73 Å². The molecule has 1 aliphatic rings. The molecule has 1 atom stereocenters. The van der Waals surface area contributed by atoms with Crippen LogP contribution in [0, 0.1) is 0 Å². The van der Waals surface area contributed by atoms with Crippen molar-refractivity contribution in [2.75, 3.05) is 31.1 Å². The molecule has 1 fully saturated rings. The van der Waals surface area contributed by atoms with E-state index in [2.05, 4.69) is 19.9 Å². The average molecular weight is 383 g/mol. The van der Waals surface area contributed by atoms with Gasteiger partial charge in [0.25, 0.3) is 0 Å². The standard InChI is InChI=1S/C16H20F3N7O/c1-11(20)6-13-7-14(24-10-23-13)27-26-4-2-25(3-5-26)15-21-8-12(9-22-15)16(17,18)19/h7-11H,2-6,20H2,1H3/t11-/m0/s1. The summed E-state index contributed by atoms with van der Waals surface area (Å²) in [6.45, 7) is 3.98. The number of hydrogen-bond donors (Lipinski definition) is 1. The number of nitrogens with zero attached hydrogens (tertiary/aromatic N) is 6. The van der Waals surface area contributed by atoms with Crippen LogP contribution >= 0.6 is 0 Å². The molecule has 0 unspecified atom stereocenters.